The third-order valence-corrected chi connectivity index (χ3v) is 2.56. The fourth-order valence-electron chi connectivity index (χ4n) is 1.45. The number of nitrogens with one attached hydrogen (secondary N) is 2. The van der Waals surface area contributed by atoms with E-state index in [1.807, 2.05) is 0 Å². The topological polar surface area (TPSA) is 70.2 Å². The molecule has 1 aliphatic rings. The van der Waals surface area contributed by atoms with Crippen molar-refractivity contribution < 1.29 is 4.79 Å². The quantitative estimate of drug-likeness (QED) is 0.754. The lowest BCUT2D eigenvalue weighted by Gasteiger charge is -2.27. The third kappa shape index (κ3) is 2.59. The first kappa shape index (κ1) is 11.1. The molecule has 2 N–H and O–H groups in total. The Morgan fingerprint density at radius 3 is 2.75 bits per heavy atom. The molecule has 0 atom stereocenters. The molecule has 7 heteroatoms. The maximum atomic E-state index is 11.8. The van der Waals surface area contributed by atoms with E-state index in [9.17, 15) is 4.79 Å². The molecule has 2 amide bonds. The van der Waals surface area contributed by atoms with E-state index in [4.69, 9.17) is 11.6 Å². The highest BCUT2D eigenvalue weighted by atomic mass is 35.5. The lowest BCUT2D eigenvalue weighted by Crippen LogP contribution is -2.48. The summed E-state index contributed by atoms with van der Waals surface area (Å²) in [5.41, 5.74) is 0. The molecule has 0 spiro atoms. The molecule has 0 aromatic carbocycles. The van der Waals surface area contributed by atoms with Crippen molar-refractivity contribution in [2.24, 2.45) is 0 Å². The minimum absolute atomic E-state index is 0.191. The number of piperazine rings is 1. The van der Waals surface area contributed by atoms with Gasteiger partial charge in [0.15, 0.2) is 11.0 Å². The molecule has 0 bridgehead atoms. The molecule has 2 rings (SSSR count). The van der Waals surface area contributed by atoms with Crippen molar-refractivity contribution in [3.05, 3.63) is 17.5 Å². The monoisotopic (exact) mass is 241 g/mol. The van der Waals surface area contributed by atoms with Crippen LogP contribution in [0.5, 0.6) is 0 Å². The van der Waals surface area contributed by atoms with Crippen molar-refractivity contribution in [2.45, 2.75) is 0 Å². The molecule has 0 unspecified atom stereocenters. The Morgan fingerprint density at radius 2 is 2.06 bits per heavy atom. The number of rotatable bonds is 1. The number of carbonyl (C=O) groups excluding carboxylic acids is 1. The highest BCUT2D eigenvalue weighted by molar-refractivity contribution is 6.32. The first-order valence-electron chi connectivity index (χ1n) is 5.00. The van der Waals surface area contributed by atoms with Crippen molar-refractivity contribution in [1.82, 2.24) is 20.2 Å². The van der Waals surface area contributed by atoms with Crippen LogP contribution in [0.1, 0.15) is 0 Å². The van der Waals surface area contributed by atoms with Crippen LogP contribution in [0.15, 0.2) is 12.4 Å². The van der Waals surface area contributed by atoms with E-state index in [-0.39, 0.29) is 11.2 Å². The SMILES string of the molecule is O=C(Nc1nccnc1Cl)N1CCNCC1. The minimum Gasteiger partial charge on any atom is -0.322 e. The Labute approximate surface area is 98.0 Å². The molecule has 0 saturated carbocycles. The lowest BCUT2D eigenvalue weighted by molar-refractivity contribution is 0.204. The van der Waals surface area contributed by atoms with Crippen LogP contribution in [-0.2, 0) is 0 Å². The standard InChI is InChI=1S/C9H12ClN5O/c10-7-8(13-2-1-12-7)14-9(16)15-5-3-11-4-6-15/h1-2,11H,3-6H2,(H,13,14,16). The number of amides is 2. The molecule has 2 heterocycles. The maximum absolute atomic E-state index is 11.8. The van der Waals surface area contributed by atoms with Gasteiger partial charge in [0.2, 0.25) is 0 Å². The zero-order valence-corrected chi connectivity index (χ0v) is 9.37. The molecule has 1 saturated heterocycles. The van der Waals surface area contributed by atoms with Crippen molar-refractivity contribution >= 4 is 23.4 Å². The molecule has 6 nitrogen and oxygen atoms in total. The molecule has 1 fully saturated rings. The summed E-state index contributed by atoms with van der Waals surface area (Å²) >= 11 is 5.79. The predicted octanol–water partition coefficient (Wildman–Crippen LogP) is 0.567. The van der Waals surface area contributed by atoms with Gasteiger partial charge in [-0.2, -0.15) is 0 Å². The molecule has 1 aliphatic heterocycles. The van der Waals surface area contributed by atoms with Crippen LogP contribution in [-0.4, -0.2) is 47.1 Å². The van der Waals surface area contributed by atoms with Crippen molar-refractivity contribution in [3.63, 3.8) is 0 Å². The van der Waals surface area contributed by atoms with Gasteiger partial charge in [0.25, 0.3) is 0 Å². The molecule has 16 heavy (non-hydrogen) atoms. The van der Waals surface area contributed by atoms with E-state index < -0.39 is 0 Å². The maximum Gasteiger partial charge on any atom is 0.323 e. The van der Waals surface area contributed by atoms with Gasteiger partial charge in [-0.1, -0.05) is 11.6 Å². The second kappa shape index (κ2) is 5.09. The molecule has 0 radical (unpaired) electrons. The molecular weight excluding hydrogens is 230 g/mol. The van der Waals surface area contributed by atoms with Crippen LogP contribution in [0.4, 0.5) is 10.6 Å². The van der Waals surface area contributed by atoms with Gasteiger partial charge >= 0.3 is 6.03 Å². The van der Waals surface area contributed by atoms with Gasteiger partial charge in [-0.05, 0) is 0 Å². The van der Waals surface area contributed by atoms with Crippen molar-refractivity contribution in [3.8, 4) is 0 Å². The summed E-state index contributed by atoms with van der Waals surface area (Å²) in [5, 5.41) is 6.00. The molecule has 1 aromatic heterocycles. The van der Waals surface area contributed by atoms with Gasteiger partial charge in [-0.15, -0.1) is 0 Å². The fraction of sp³-hybridized carbons (Fsp3) is 0.444. The second-order valence-electron chi connectivity index (χ2n) is 3.36. The average molecular weight is 242 g/mol. The summed E-state index contributed by atoms with van der Waals surface area (Å²) in [5.74, 6) is 0.299. The second-order valence-corrected chi connectivity index (χ2v) is 3.72. The normalized spacial score (nSPS) is 15.9. The van der Waals surface area contributed by atoms with Crippen molar-refractivity contribution in [1.29, 1.82) is 0 Å². The van der Waals surface area contributed by atoms with Gasteiger partial charge in [0, 0.05) is 38.6 Å². The smallest absolute Gasteiger partial charge is 0.322 e. The number of carbonyl (C=O) groups is 1. The summed E-state index contributed by atoms with van der Waals surface area (Å²) in [6.07, 6.45) is 2.96. The summed E-state index contributed by atoms with van der Waals surface area (Å²) < 4.78 is 0. The van der Waals surface area contributed by atoms with Crippen LogP contribution < -0.4 is 10.6 Å². The zero-order chi connectivity index (χ0) is 11.4. The van der Waals surface area contributed by atoms with Crippen LogP contribution in [0.25, 0.3) is 0 Å². The number of anilines is 1. The number of hydrogen-bond acceptors (Lipinski definition) is 4. The zero-order valence-electron chi connectivity index (χ0n) is 8.61. The molecule has 1 aromatic rings. The van der Waals surface area contributed by atoms with Crippen LogP contribution in [0, 0.1) is 0 Å². The fourth-order valence-corrected chi connectivity index (χ4v) is 1.61. The number of urea groups is 1. The molecule has 0 aliphatic carbocycles. The van der Waals surface area contributed by atoms with Crippen LogP contribution in [0.3, 0.4) is 0 Å². The van der Waals surface area contributed by atoms with Gasteiger partial charge in [0.05, 0.1) is 0 Å². The Bertz CT molecular complexity index is 380. The van der Waals surface area contributed by atoms with Crippen LogP contribution >= 0.6 is 11.6 Å². The Hall–Kier alpha value is -1.40. The number of aromatic nitrogens is 2. The van der Waals surface area contributed by atoms with Crippen LogP contribution in [0.2, 0.25) is 5.15 Å². The summed E-state index contributed by atoms with van der Waals surface area (Å²) in [6, 6.07) is -0.191. The minimum atomic E-state index is -0.191. The number of halogens is 1. The largest absolute Gasteiger partial charge is 0.323 e. The highest BCUT2D eigenvalue weighted by Crippen LogP contribution is 2.14. The summed E-state index contributed by atoms with van der Waals surface area (Å²) in [6.45, 7) is 2.98. The predicted molar refractivity (Wildman–Crippen MR) is 60.5 cm³/mol. The Morgan fingerprint density at radius 1 is 1.38 bits per heavy atom. The Balaban J connectivity index is 1.99. The van der Waals surface area contributed by atoms with E-state index in [2.05, 4.69) is 20.6 Å². The van der Waals surface area contributed by atoms with E-state index >= 15 is 0 Å². The third-order valence-electron chi connectivity index (χ3n) is 2.28. The van der Waals surface area contributed by atoms with E-state index in [0.717, 1.165) is 13.1 Å². The van der Waals surface area contributed by atoms with Gasteiger partial charge in [0.1, 0.15) is 0 Å². The molecular formula is C9H12ClN5O. The summed E-state index contributed by atoms with van der Waals surface area (Å²) in [7, 11) is 0. The molecule has 86 valence electrons. The van der Waals surface area contributed by atoms with E-state index in [1.54, 1.807) is 4.90 Å². The van der Waals surface area contributed by atoms with Gasteiger partial charge < -0.3 is 10.2 Å². The Kier molecular flexibility index (Phi) is 3.53. The van der Waals surface area contributed by atoms with E-state index in [1.165, 1.54) is 12.4 Å². The van der Waals surface area contributed by atoms with E-state index in [0.29, 0.717) is 18.9 Å². The summed E-state index contributed by atoms with van der Waals surface area (Å²) in [4.78, 5) is 21.3. The number of nitrogens with zero attached hydrogens (tertiary/aromatic N) is 3. The average Bonchev–Trinajstić information content (AvgIpc) is 2.33. The first-order valence-corrected chi connectivity index (χ1v) is 5.38. The van der Waals surface area contributed by atoms with Gasteiger partial charge in [-0.25, -0.2) is 14.8 Å². The van der Waals surface area contributed by atoms with Crippen molar-refractivity contribution in [2.75, 3.05) is 31.5 Å². The first-order chi connectivity index (χ1) is 7.77. The van der Waals surface area contributed by atoms with Gasteiger partial charge in [-0.3, -0.25) is 5.32 Å². The number of hydrogen-bond donors (Lipinski definition) is 2. The highest BCUT2D eigenvalue weighted by Gasteiger charge is 2.17. The lowest BCUT2D eigenvalue weighted by atomic mass is 10.4.